The van der Waals surface area contributed by atoms with E-state index in [1.54, 1.807) is 0 Å². The highest BCUT2D eigenvalue weighted by molar-refractivity contribution is 6.13. The zero-order valence-corrected chi connectivity index (χ0v) is 21.3. The van der Waals surface area contributed by atoms with Crippen molar-refractivity contribution in [3.63, 3.8) is 0 Å². The van der Waals surface area contributed by atoms with Gasteiger partial charge in [0.1, 0.15) is 16.8 Å². The first-order valence-electron chi connectivity index (χ1n) is 13.3. The first-order valence-corrected chi connectivity index (χ1v) is 13.3. The molecule has 0 aliphatic rings. The summed E-state index contributed by atoms with van der Waals surface area (Å²) in [4.78, 5) is 7.53. The Morgan fingerprint density at radius 1 is 0.943 bits per heavy atom. The second-order valence-corrected chi connectivity index (χ2v) is 9.26. The monoisotopic (exact) mass is 476 g/mol. The van der Waals surface area contributed by atoms with Crippen molar-refractivity contribution in [2.75, 3.05) is 44.6 Å². The minimum Gasteiger partial charge on any atom is -0.494 e. The topological polar surface area (TPSA) is 76.5 Å². The van der Waals surface area contributed by atoms with Crippen LogP contribution < -0.4 is 15.8 Å². The number of fused-ring (bicyclic) bond motifs is 4. The van der Waals surface area contributed by atoms with Crippen molar-refractivity contribution in [3.05, 3.63) is 42.5 Å². The molecule has 0 bridgehead atoms. The fourth-order valence-electron chi connectivity index (χ4n) is 4.53. The second-order valence-electron chi connectivity index (χ2n) is 9.26. The van der Waals surface area contributed by atoms with Gasteiger partial charge in [-0.15, -0.1) is 0 Å². The molecular weight excluding hydrogens is 436 g/mol. The normalized spacial score (nSPS) is 11.8. The van der Waals surface area contributed by atoms with E-state index in [1.165, 1.54) is 38.8 Å². The first kappa shape index (κ1) is 25.3. The summed E-state index contributed by atoms with van der Waals surface area (Å²) in [6.45, 7) is 10.1. The van der Waals surface area contributed by atoms with Crippen molar-refractivity contribution in [2.45, 2.75) is 52.4 Å². The van der Waals surface area contributed by atoms with Crippen LogP contribution in [0.5, 0.6) is 5.75 Å². The minimum absolute atomic E-state index is 0.640. The molecule has 6 nitrogen and oxygen atoms in total. The van der Waals surface area contributed by atoms with Crippen molar-refractivity contribution >= 4 is 38.7 Å². The lowest BCUT2D eigenvalue weighted by atomic mass is 10.1. The first-order chi connectivity index (χ1) is 17.2. The molecule has 0 saturated heterocycles. The van der Waals surface area contributed by atoms with E-state index < -0.39 is 0 Å². The van der Waals surface area contributed by atoms with Crippen LogP contribution in [-0.4, -0.2) is 49.2 Å². The van der Waals surface area contributed by atoms with Gasteiger partial charge in [0.2, 0.25) is 0 Å². The molecule has 0 atom stereocenters. The van der Waals surface area contributed by atoms with Crippen molar-refractivity contribution in [3.8, 4) is 5.75 Å². The molecule has 0 amide bonds. The summed E-state index contributed by atoms with van der Waals surface area (Å²) in [6, 6.07) is 14.2. The number of pyridine rings is 1. The Morgan fingerprint density at radius 2 is 1.71 bits per heavy atom. The van der Waals surface area contributed by atoms with E-state index in [1.807, 2.05) is 24.3 Å². The van der Waals surface area contributed by atoms with Crippen molar-refractivity contribution in [1.29, 1.82) is 0 Å². The highest BCUT2D eigenvalue weighted by Gasteiger charge is 2.16. The van der Waals surface area contributed by atoms with Crippen LogP contribution in [-0.2, 0) is 0 Å². The summed E-state index contributed by atoms with van der Waals surface area (Å²) in [5.74, 6) is 0.866. The van der Waals surface area contributed by atoms with Crippen LogP contribution in [0.25, 0.3) is 33.0 Å². The van der Waals surface area contributed by atoms with E-state index in [9.17, 15) is 0 Å². The molecule has 4 rings (SSSR count). The highest BCUT2D eigenvalue weighted by Crippen LogP contribution is 2.38. The van der Waals surface area contributed by atoms with Gasteiger partial charge in [-0.2, -0.15) is 0 Å². The Bertz CT molecular complexity index is 1210. The zero-order chi connectivity index (χ0) is 24.5. The minimum atomic E-state index is 0.640. The number of para-hydroxylation sites is 1. The zero-order valence-electron chi connectivity index (χ0n) is 21.3. The number of anilines is 1. The van der Waals surface area contributed by atoms with Crippen molar-refractivity contribution in [2.24, 2.45) is 5.73 Å². The fourth-order valence-corrected chi connectivity index (χ4v) is 4.53. The number of rotatable bonds is 15. The number of hydrogen-bond donors (Lipinski definition) is 2. The molecular formula is C29H40N4O2. The number of ether oxygens (including phenoxy) is 1. The number of nitrogens with one attached hydrogen (secondary N) is 1. The van der Waals surface area contributed by atoms with Gasteiger partial charge in [0.25, 0.3) is 0 Å². The van der Waals surface area contributed by atoms with E-state index in [2.05, 4.69) is 42.3 Å². The molecule has 0 fully saturated rings. The summed E-state index contributed by atoms with van der Waals surface area (Å²) in [7, 11) is 0. The number of hydrogen-bond acceptors (Lipinski definition) is 6. The van der Waals surface area contributed by atoms with E-state index in [0.717, 1.165) is 70.3 Å². The SMILES string of the molecule is CCCCN(CCCC)CCCOc1ccc2nc3c(oc4ccccc43)c(NCCCN)c2c1. The van der Waals surface area contributed by atoms with Gasteiger partial charge >= 0.3 is 0 Å². The Balaban J connectivity index is 1.53. The van der Waals surface area contributed by atoms with Crippen LogP contribution in [0.4, 0.5) is 5.69 Å². The van der Waals surface area contributed by atoms with Gasteiger partial charge in [-0.05, 0) is 75.6 Å². The van der Waals surface area contributed by atoms with E-state index in [4.69, 9.17) is 19.9 Å². The molecule has 3 N–H and O–H groups in total. The van der Waals surface area contributed by atoms with E-state index >= 15 is 0 Å². The molecule has 0 spiro atoms. The molecule has 188 valence electrons. The summed E-state index contributed by atoms with van der Waals surface area (Å²) < 4.78 is 12.4. The number of furan rings is 1. The average Bonchev–Trinajstić information content (AvgIpc) is 3.26. The predicted molar refractivity (Wildman–Crippen MR) is 148 cm³/mol. The Hall–Kier alpha value is -2.83. The number of unbranched alkanes of at least 4 members (excludes halogenated alkanes) is 2. The molecule has 35 heavy (non-hydrogen) atoms. The predicted octanol–water partition coefficient (Wildman–Crippen LogP) is 6.57. The quantitative estimate of drug-likeness (QED) is 0.189. The van der Waals surface area contributed by atoms with Gasteiger partial charge < -0.3 is 25.1 Å². The maximum Gasteiger partial charge on any atom is 0.177 e. The third-order valence-electron chi connectivity index (χ3n) is 6.49. The van der Waals surface area contributed by atoms with Gasteiger partial charge in [-0.1, -0.05) is 38.8 Å². The van der Waals surface area contributed by atoms with Crippen LogP contribution in [0.3, 0.4) is 0 Å². The number of aromatic nitrogens is 1. The summed E-state index contributed by atoms with van der Waals surface area (Å²) in [5.41, 5.74) is 10.2. The Morgan fingerprint density at radius 3 is 2.49 bits per heavy atom. The van der Waals surface area contributed by atoms with Gasteiger partial charge in [-0.25, -0.2) is 4.98 Å². The number of benzene rings is 2. The van der Waals surface area contributed by atoms with Crippen LogP contribution in [0, 0.1) is 0 Å². The lowest BCUT2D eigenvalue weighted by Crippen LogP contribution is -2.28. The van der Waals surface area contributed by atoms with E-state index in [-0.39, 0.29) is 0 Å². The summed E-state index contributed by atoms with van der Waals surface area (Å²) in [6.07, 6.45) is 6.91. The van der Waals surface area contributed by atoms with Gasteiger partial charge in [0.05, 0.1) is 17.8 Å². The molecule has 0 radical (unpaired) electrons. The molecule has 0 unspecified atom stereocenters. The number of nitrogens with zero attached hydrogens (tertiary/aromatic N) is 2. The fraction of sp³-hybridized carbons (Fsp3) is 0.483. The third-order valence-corrected chi connectivity index (χ3v) is 6.49. The average molecular weight is 477 g/mol. The largest absolute Gasteiger partial charge is 0.494 e. The Labute approximate surface area is 208 Å². The summed E-state index contributed by atoms with van der Waals surface area (Å²) in [5, 5.41) is 5.61. The van der Waals surface area contributed by atoms with Gasteiger partial charge in [0, 0.05) is 23.9 Å². The molecule has 2 aromatic carbocycles. The molecule has 0 aliphatic carbocycles. The van der Waals surface area contributed by atoms with Crippen LogP contribution in [0.2, 0.25) is 0 Å². The Kier molecular flexibility index (Phi) is 9.21. The standard InChI is InChI=1S/C29H40N4O2/c1-3-5-17-33(18-6-4-2)19-10-20-34-22-13-14-25-24(21-22)27(31-16-9-15-30)29-28(32-25)23-11-7-8-12-26(23)35-29/h7-8,11-14,21H,3-6,9-10,15-20,30H2,1-2H3,(H,31,32). The molecule has 0 aliphatic heterocycles. The van der Waals surface area contributed by atoms with Crippen LogP contribution in [0.15, 0.2) is 46.9 Å². The highest BCUT2D eigenvalue weighted by atomic mass is 16.5. The molecule has 4 aromatic rings. The molecule has 0 saturated carbocycles. The van der Waals surface area contributed by atoms with Gasteiger partial charge in [0.15, 0.2) is 5.58 Å². The smallest absolute Gasteiger partial charge is 0.177 e. The maximum absolute atomic E-state index is 6.25. The van der Waals surface area contributed by atoms with Crippen molar-refractivity contribution < 1.29 is 9.15 Å². The van der Waals surface area contributed by atoms with Crippen molar-refractivity contribution in [1.82, 2.24) is 9.88 Å². The molecule has 2 heterocycles. The van der Waals surface area contributed by atoms with Crippen LogP contribution >= 0.6 is 0 Å². The molecule has 6 heteroatoms. The maximum atomic E-state index is 6.25. The van der Waals surface area contributed by atoms with Crippen LogP contribution in [0.1, 0.15) is 52.4 Å². The van der Waals surface area contributed by atoms with E-state index in [0.29, 0.717) is 13.2 Å². The summed E-state index contributed by atoms with van der Waals surface area (Å²) >= 11 is 0. The van der Waals surface area contributed by atoms with Gasteiger partial charge in [-0.3, -0.25) is 0 Å². The second kappa shape index (κ2) is 12.8. The molecule has 2 aromatic heterocycles. The lowest BCUT2D eigenvalue weighted by Gasteiger charge is -2.22. The number of nitrogens with two attached hydrogens (primary N) is 1. The third kappa shape index (κ3) is 6.24. The lowest BCUT2D eigenvalue weighted by molar-refractivity contribution is 0.229.